The van der Waals surface area contributed by atoms with E-state index in [0.29, 0.717) is 36.6 Å². The highest BCUT2D eigenvalue weighted by molar-refractivity contribution is 6.37. The van der Waals surface area contributed by atoms with Crippen molar-refractivity contribution < 1.29 is 27.0 Å². The maximum atomic E-state index is 14.5. The highest BCUT2D eigenvalue weighted by Crippen LogP contribution is 2.48. The first kappa shape index (κ1) is 28.7. The Morgan fingerprint density at radius 1 is 1.30 bits per heavy atom. The van der Waals surface area contributed by atoms with Crippen LogP contribution in [0.1, 0.15) is 41.5 Å². The van der Waals surface area contributed by atoms with Gasteiger partial charge in [-0.25, -0.2) is 14.4 Å². The lowest BCUT2D eigenvalue weighted by Crippen LogP contribution is -2.42. The summed E-state index contributed by atoms with van der Waals surface area (Å²) in [5.41, 5.74) is 5.61. The van der Waals surface area contributed by atoms with Crippen molar-refractivity contribution in [2.24, 2.45) is 4.99 Å². The summed E-state index contributed by atoms with van der Waals surface area (Å²) in [6, 6.07) is 2.58. The zero-order chi connectivity index (χ0) is 30.8. The van der Waals surface area contributed by atoms with Crippen LogP contribution in [0.15, 0.2) is 41.7 Å². The quantitative estimate of drug-likeness (QED) is 0.307. The van der Waals surface area contributed by atoms with E-state index in [9.17, 15) is 17.6 Å². The largest absolute Gasteiger partial charge is 0.462 e. The smallest absolute Gasteiger partial charge is 0.418 e. The maximum Gasteiger partial charge on any atom is 0.418 e. The van der Waals surface area contributed by atoms with E-state index in [-0.39, 0.29) is 46.9 Å². The number of aromatic amines is 1. The molecule has 0 aliphatic carbocycles. The summed E-state index contributed by atoms with van der Waals surface area (Å²) in [6.45, 7) is 3.08. The van der Waals surface area contributed by atoms with Crippen molar-refractivity contribution in [3.05, 3.63) is 63.9 Å². The van der Waals surface area contributed by atoms with Gasteiger partial charge in [0.2, 0.25) is 0 Å². The zero-order valence-electron chi connectivity index (χ0n) is 23.6. The van der Waals surface area contributed by atoms with Gasteiger partial charge in [0.1, 0.15) is 36.9 Å². The van der Waals surface area contributed by atoms with E-state index >= 15 is 0 Å². The lowest BCUT2D eigenvalue weighted by molar-refractivity contribution is -0.137. The second-order valence-electron chi connectivity index (χ2n) is 11.5. The van der Waals surface area contributed by atoms with Crippen molar-refractivity contribution in [1.82, 2.24) is 25.0 Å². The van der Waals surface area contributed by atoms with Crippen LogP contribution in [0.2, 0.25) is 5.02 Å². The molecule has 0 saturated carbocycles. The number of rotatable bonds is 6. The first-order chi connectivity index (χ1) is 21.0. The summed E-state index contributed by atoms with van der Waals surface area (Å²) < 4.78 is 70.1. The monoisotopic (exact) mass is 632 g/mol. The second-order valence-corrected chi connectivity index (χ2v) is 11.9. The number of aryl methyl sites for hydroxylation is 1. The average Bonchev–Trinajstić information content (AvgIpc) is 3.65. The predicted molar refractivity (Wildman–Crippen MR) is 156 cm³/mol. The summed E-state index contributed by atoms with van der Waals surface area (Å²) in [4.78, 5) is 12.7. The summed E-state index contributed by atoms with van der Waals surface area (Å²) in [7, 11) is 0. The van der Waals surface area contributed by atoms with Crippen molar-refractivity contribution in [1.29, 1.82) is 0 Å². The third kappa shape index (κ3) is 4.89. The molecule has 44 heavy (non-hydrogen) atoms. The number of pyridine rings is 1. The molecule has 2 fully saturated rings. The van der Waals surface area contributed by atoms with E-state index in [1.807, 2.05) is 4.90 Å². The van der Waals surface area contributed by atoms with Crippen molar-refractivity contribution in [2.75, 3.05) is 37.4 Å². The molecule has 7 rings (SSSR count). The number of H-pyrrole nitrogens is 1. The average molecular weight is 633 g/mol. The third-order valence-electron chi connectivity index (χ3n) is 8.61. The first-order valence-electron chi connectivity index (χ1n) is 14.2. The summed E-state index contributed by atoms with van der Waals surface area (Å²) in [5.74, 6) is 0.633. The number of nitrogens with zero attached hydrogens (tertiary/aromatic N) is 5. The number of fused-ring (bicyclic) bond motifs is 1. The highest BCUT2D eigenvalue weighted by atomic mass is 35.5. The van der Waals surface area contributed by atoms with Crippen LogP contribution in [0.4, 0.5) is 29.1 Å². The van der Waals surface area contributed by atoms with E-state index < -0.39 is 29.1 Å². The fourth-order valence-corrected chi connectivity index (χ4v) is 7.06. The summed E-state index contributed by atoms with van der Waals surface area (Å²) >= 11 is 6.86. The lowest BCUT2D eigenvalue weighted by Gasteiger charge is -2.31. The molecule has 4 aliphatic rings. The molecule has 6 heterocycles. The van der Waals surface area contributed by atoms with Gasteiger partial charge in [0.25, 0.3) is 0 Å². The Labute approximate surface area is 254 Å². The number of aromatic nitrogens is 3. The van der Waals surface area contributed by atoms with E-state index in [1.54, 1.807) is 18.6 Å². The zero-order valence-corrected chi connectivity index (χ0v) is 24.4. The van der Waals surface area contributed by atoms with E-state index in [0.717, 1.165) is 24.9 Å². The van der Waals surface area contributed by atoms with Crippen molar-refractivity contribution >= 4 is 28.9 Å². The molecule has 0 radical (unpaired) electrons. The van der Waals surface area contributed by atoms with Crippen molar-refractivity contribution in [2.45, 2.75) is 50.6 Å². The molecule has 3 aromatic rings. The van der Waals surface area contributed by atoms with Gasteiger partial charge in [0.05, 0.1) is 52.0 Å². The molecule has 0 bridgehead atoms. The molecule has 0 spiro atoms. The lowest BCUT2D eigenvalue weighted by atomic mass is 9.95. The van der Waals surface area contributed by atoms with Crippen LogP contribution in [0.5, 0.6) is 5.75 Å². The van der Waals surface area contributed by atoms with Gasteiger partial charge in [0.15, 0.2) is 0 Å². The Morgan fingerprint density at radius 2 is 2.14 bits per heavy atom. The van der Waals surface area contributed by atoms with Crippen molar-refractivity contribution in [3.8, 4) is 17.0 Å². The van der Waals surface area contributed by atoms with Crippen LogP contribution in [-0.4, -0.2) is 68.9 Å². The number of nitrogens with one attached hydrogen (secondary N) is 2. The van der Waals surface area contributed by atoms with E-state index in [2.05, 4.69) is 30.4 Å². The van der Waals surface area contributed by atoms with Crippen LogP contribution < -0.4 is 15.8 Å². The molecule has 232 valence electrons. The van der Waals surface area contributed by atoms with Gasteiger partial charge < -0.3 is 25.4 Å². The topological polar surface area (TPSA) is 117 Å². The fraction of sp³-hybridized carbons (Fsp3) is 0.414. The number of anilines is 2. The minimum absolute atomic E-state index is 0.0100. The van der Waals surface area contributed by atoms with E-state index in [4.69, 9.17) is 26.8 Å². The number of benzene rings is 1. The van der Waals surface area contributed by atoms with Gasteiger partial charge in [-0.1, -0.05) is 11.6 Å². The second kappa shape index (κ2) is 10.5. The number of alkyl halides is 4. The Morgan fingerprint density at radius 3 is 2.91 bits per heavy atom. The van der Waals surface area contributed by atoms with Gasteiger partial charge in [-0.05, 0) is 44.0 Å². The number of nitrogen functional groups attached to an aromatic ring is 1. The fourth-order valence-electron chi connectivity index (χ4n) is 6.76. The van der Waals surface area contributed by atoms with Gasteiger partial charge in [-0.15, -0.1) is 0 Å². The molecule has 2 saturated heterocycles. The Kier molecular flexibility index (Phi) is 6.88. The molecule has 15 heteroatoms. The SMILES string of the molecule is Cc1cc(N)nc(-c2cc3c4c(c2Cl)NCN=C4N(Cc2cn[nH]c2)C=C(OC[C@@]24CCCN2C[C@H](F)C4)O3)c1C(F)(F)F. The first-order valence-corrected chi connectivity index (χ1v) is 14.6. The molecule has 4 N–H and O–H groups in total. The minimum atomic E-state index is -4.73. The standard InChI is InChI=1S/C29H29ClF4N8O2/c1-15-5-20(35)40-25(23(15)29(32,33)34)18-6-19-22-26(24(18)30)36-14-37-27(22)41(10-16-8-38-39-9-16)12-21(44-19)43-13-28-3-2-4-42(28)11-17(31)7-28/h5-6,8-9,12,17,36H,2-4,7,10-11,13-14H2,1H3,(H2,35,40)(H,38,39)/t17-,28+/m1/s1. The van der Waals surface area contributed by atoms with Crippen LogP contribution in [0.3, 0.4) is 0 Å². The number of halogens is 5. The number of hydrogen-bond donors (Lipinski definition) is 3. The predicted octanol–water partition coefficient (Wildman–Crippen LogP) is 5.45. The van der Waals surface area contributed by atoms with Crippen molar-refractivity contribution in [3.63, 3.8) is 0 Å². The van der Waals surface area contributed by atoms with Crippen LogP contribution >= 0.6 is 11.6 Å². The van der Waals surface area contributed by atoms with Crippen LogP contribution in [-0.2, 0) is 17.5 Å². The van der Waals surface area contributed by atoms with Gasteiger partial charge in [0, 0.05) is 30.3 Å². The Bertz CT molecular complexity index is 1680. The number of hydrogen-bond acceptors (Lipinski definition) is 9. The number of ether oxygens (including phenoxy) is 2. The van der Waals surface area contributed by atoms with E-state index in [1.165, 1.54) is 19.1 Å². The summed E-state index contributed by atoms with van der Waals surface area (Å²) in [5, 5.41) is 9.94. The molecule has 1 aromatic carbocycles. The summed E-state index contributed by atoms with van der Waals surface area (Å²) in [6.07, 6.45) is 1.47. The van der Waals surface area contributed by atoms with Gasteiger partial charge in [-0.2, -0.15) is 18.3 Å². The molecular formula is C29H29ClF4N8O2. The molecule has 0 amide bonds. The Hall–Kier alpha value is -4.04. The third-order valence-corrected chi connectivity index (χ3v) is 9.00. The Balaban J connectivity index is 1.35. The van der Waals surface area contributed by atoms with Gasteiger partial charge in [-0.3, -0.25) is 10.00 Å². The highest BCUT2D eigenvalue weighted by Gasteiger charge is 2.49. The number of nitrogens with two attached hydrogens (primary N) is 1. The minimum Gasteiger partial charge on any atom is -0.462 e. The normalized spacial score (nSPS) is 22.9. The molecule has 0 unspecified atom stereocenters. The van der Waals surface area contributed by atoms with Gasteiger partial charge >= 0.3 is 12.1 Å². The van der Waals surface area contributed by atoms with Crippen LogP contribution in [0, 0.1) is 6.92 Å². The number of aliphatic imine (C=N–C) groups is 1. The molecule has 2 aromatic heterocycles. The molecular weight excluding hydrogens is 604 g/mol. The van der Waals surface area contributed by atoms with Crippen LogP contribution in [0.25, 0.3) is 11.3 Å². The molecule has 4 aliphatic heterocycles. The molecule has 2 atom stereocenters. The number of amidine groups is 1. The maximum absolute atomic E-state index is 14.5. The molecule has 10 nitrogen and oxygen atoms in total.